The predicted molar refractivity (Wildman–Crippen MR) is 80.1 cm³/mol. The van der Waals surface area contributed by atoms with Crippen LogP contribution in [-0.2, 0) is 11.2 Å². The predicted octanol–water partition coefficient (Wildman–Crippen LogP) is 2.73. The number of nitrogens with one attached hydrogen (secondary N) is 1. The van der Waals surface area contributed by atoms with Crippen LogP contribution in [0.2, 0.25) is 0 Å². The molecule has 128 valence electrons. The number of benzene rings is 1. The molecule has 1 aromatic rings. The maximum atomic E-state index is 12.2. The minimum Gasteiger partial charge on any atom is -0.406 e. The highest BCUT2D eigenvalue weighted by Gasteiger charge is 2.31. The molecule has 0 radical (unpaired) electrons. The highest BCUT2D eigenvalue weighted by Crippen LogP contribution is 2.23. The van der Waals surface area contributed by atoms with E-state index in [0.717, 1.165) is 5.56 Å². The van der Waals surface area contributed by atoms with Gasteiger partial charge in [0.05, 0.1) is 0 Å². The summed E-state index contributed by atoms with van der Waals surface area (Å²) in [6.07, 6.45) is -3.84. The summed E-state index contributed by atoms with van der Waals surface area (Å²) in [5.74, 6) is -0.182. The first-order valence-corrected chi connectivity index (χ1v) is 7.61. The Labute approximate surface area is 133 Å². The molecule has 1 N–H and O–H groups in total. The second-order valence-electron chi connectivity index (χ2n) is 5.96. The van der Waals surface area contributed by atoms with Gasteiger partial charge in [0, 0.05) is 31.6 Å². The van der Waals surface area contributed by atoms with Crippen molar-refractivity contribution in [2.75, 3.05) is 13.1 Å². The fraction of sp³-hybridized carbons (Fsp3) is 0.562. The Morgan fingerprint density at radius 2 is 1.78 bits per heavy atom. The quantitative estimate of drug-likeness (QED) is 0.923. The molecular weight excluding hydrogens is 309 g/mol. The van der Waals surface area contributed by atoms with Crippen LogP contribution in [0.4, 0.5) is 13.2 Å². The number of aryl methyl sites for hydroxylation is 1. The molecule has 0 unspecified atom stereocenters. The normalized spacial score (nSPS) is 22.0. The fourth-order valence-corrected chi connectivity index (χ4v) is 2.80. The van der Waals surface area contributed by atoms with E-state index < -0.39 is 6.36 Å². The maximum Gasteiger partial charge on any atom is 0.573 e. The number of hydrogen-bond donors (Lipinski definition) is 1. The summed E-state index contributed by atoms with van der Waals surface area (Å²) in [6, 6.07) is 6.17. The summed E-state index contributed by atoms with van der Waals surface area (Å²) in [4.78, 5) is 14.1. The number of alkyl halides is 3. The Kier molecular flexibility index (Phi) is 5.51. The van der Waals surface area contributed by atoms with Gasteiger partial charge in [-0.2, -0.15) is 0 Å². The average molecular weight is 330 g/mol. The molecule has 0 aromatic heterocycles. The molecule has 0 aliphatic carbocycles. The number of halogens is 3. The largest absolute Gasteiger partial charge is 0.573 e. The first-order valence-electron chi connectivity index (χ1n) is 7.61. The van der Waals surface area contributed by atoms with Crippen molar-refractivity contribution in [1.82, 2.24) is 10.2 Å². The van der Waals surface area contributed by atoms with Crippen LogP contribution in [-0.4, -0.2) is 42.3 Å². The first-order chi connectivity index (χ1) is 10.7. The lowest BCUT2D eigenvalue weighted by atomic mass is 10.1. The number of piperazine rings is 1. The van der Waals surface area contributed by atoms with Gasteiger partial charge in [-0.05, 0) is 38.0 Å². The summed E-state index contributed by atoms with van der Waals surface area (Å²) in [7, 11) is 0. The summed E-state index contributed by atoms with van der Waals surface area (Å²) in [5, 5.41) is 3.36. The van der Waals surface area contributed by atoms with Gasteiger partial charge in [0.25, 0.3) is 0 Å². The monoisotopic (exact) mass is 330 g/mol. The zero-order valence-electron chi connectivity index (χ0n) is 13.2. The molecule has 1 heterocycles. The molecular formula is C16H21F3N2O2. The van der Waals surface area contributed by atoms with Crippen LogP contribution in [0.1, 0.15) is 25.8 Å². The van der Waals surface area contributed by atoms with E-state index in [4.69, 9.17) is 0 Å². The van der Waals surface area contributed by atoms with Crippen molar-refractivity contribution in [3.63, 3.8) is 0 Å². The van der Waals surface area contributed by atoms with E-state index in [1.165, 1.54) is 12.1 Å². The molecule has 1 aromatic carbocycles. The van der Waals surface area contributed by atoms with Crippen molar-refractivity contribution in [2.45, 2.75) is 45.1 Å². The summed E-state index contributed by atoms with van der Waals surface area (Å²) >= 11 is 0. The van der Waals surface area contributed by atoms with Crippen molar-refractivity contribution in [3.8, 4) is 5.75 Å². The zero-order valence-corrected chi connectivity index (χ0v) is 13.2. The molecule has 1 aliphatic heterocycles. The Hall–Kier alpha value is -1.76. The number of ether oxygens (including phenoxy) is 1. The molecule has 4 nitrogen and oxygen atoms in total. The van der Waals surface area contributed by atoms with E-state index in [1.54, 1.807) is 12.1 Å². The Morgan fingerprint density at radius 1 is 1.22 bits per heavy atom. The van der Waals surface area contributed by atoms with Crippen molar-refractivity contribution in [1.29, 1.82) is 0 Å². The topological polar surface area (TPSA) is 41.6 Å². The molecule has 1 aliphatic rings. The number of rotatable bonds is 4. The summed E-state index contributed by atoms with van der Waals surface area (Å²) in [5.41, 5.74) is 0.809. The lowest BCUT2D eigenvalue weighted by Crippen LogP contribution is -2.55. The van der Waals surface area contributed by atoms with Crippen LogP contribution in [0.5, 0.6) is 5.75 Å². The third-order valence-electron chi connectivity index (χ3n) is 3.69. The van der Waals surface area contributed by atoms with Gasteiger partial charge < -0.3 is 15.0 Å². The van der Waals surface area contributed by atoms with Gasteiger partial charge in [0.15, 0.2) is 0 Å². The second-order valence-corrected chi connectivity index (χ2v) is 5.96. The molecule has 1 saturated heterocycles. The Balaban J connectivity index is 1.84. The van der Waals surface area contributed by atoms with Gasteiger partial charge in [-0.15, -0.1) is 13.2 Å². The first kappa shape index (κ1) is 17.6. The third kappa shape index (κ3) is 5.74. The van der Waals surface area contributed by atoms with Crippen molar-refractivity contribution < 1.29 is 22.7 Å². The number of hydrogen-bond acceptors (Lipinski definition) is 3. The minimum absolute atomic E-state index is 0.0702. The Morgan fingerprint density at radius 3 is 2.30 bits per heavy atom. The van der Waals surface area contributed by atoms with Gasteiger partial charge in [-0.1, -0.05) is 12.1 Å². The molecule has 7 heteroatoms. The van der Waals surface area contributed by atoms with E-state index in [1.807, 2.05) is 18.7 Å². The molecule has 23 heavy (non-hydrogen) atoms. The smallest absolute Gasteiger partial charge is 0.406 e. The van der Waals surface area contributed by atoms with Gasteiger partial charge in [-0.25, -0.2) is 0 Å². The third-order valence-corrected chi connectivity index (χ3v) is 3.69. The lowest BCUT2D eigenvalue weighted by Gasteiger charge is -2.36. The van der Waals surface area contributed by atoms with Crippen LogP contribution in [0.25, 0.3) is 0 Å². The fourth-order valence-electron chi connectivity index (χ4n) is 2.80. The summed E-state index contributed by atoms with van der Waals surface area (Å²) < 4.78 is 40.1. The number of carbonyl (C=O) groups excluding carboxylic acids is 1. The van der Waals surface area contributed by atoms with Crippen LogP contribution in [0.3, 0.4) is 0 Å². The molecule has 2 rings (SSSR count). The lowest BCUT2D eigenvalue weighted by molar-refractivity contribution is -0.274. The summed E-state index contributed by atoms with van der Waals surface area (Å²) in [6.45, 7) is 5.44. The van der Waals surface area contributed by atoms with E-state index in [-0.39, 0.29) is 23.7 Å². The standard InChI is InChI=1S/C16H21F3N2O2/c1-11-9-21(10-12(2)20-11)15(22)8-5-13-3-6-14(7-4-13)23-16(17,18)19/h3-4,6-7,11-12,20H,5,8-10H2,1-2H3/t11-,12+. The minimum atomic E-state index is -4.69. The average Bonchev–Trinajstić information content (AvgIpc) is 2.43. The van der Waals surface area contributed by atoms with Crippen LogP contribution in [0.15, 0.2) is 24.3 Å². The van der Waals surface area contributed by atoms with E-state index in [0.29, 0.717) is 25.9 Å². The van der Waals surface area contributed by atoms with Gasteiger partial charge >= 0.3 is 6.36 Å². The highest BCUT2D eigenvalue weighted by molar-refractivity contribution is 5.76. The van der Waals surface area contributed by atoms with E-state index >= 15 is 0 Å². The molecule has 1 amide bonds. The zero-order chi connectivity index (χ0) is 17.0. The van der Waals surface area contributed by atoms with Gasteiger partial charge in [0.2, 0.25) is 5.91 Å². The van der Waals surface area contributed by atoms with Crippen LogP contribution in [0, 0.1) is 0 Å². The number of carbonyl (C=O) groups is 1. The van der Waals surface area contributed by atoms with Crippen molar-refractivity contribution in [2.24, 2.45) is 0 Å². The molecule has 2 atom stereocenters. The molecule has 0 bridgehead atoms. The molecule has 1 fully saturated rings. The van der Waals surface area contributed by atoms with E-state index in [2.05, 4.69) is 10.1 Å². The maximum absolute atomic E-state index is 12.2. The van der Waals surface area contributed by atoms with Crippen molar-refractivity contribution >= 4 is 5.91 Å². The van der Waals surface area contributed by atoms with Gasteiger partial charge in [-0.3, -0.25) is 4.79 Å². The Bertz CT molecular complexity index is 521. The van der Waals surface area contributed by atoms with E-state index in [9.17, 15) is 18.0 Å². The van der Waals surface area contributed by atoms with Gasteiger partial charge in [0.1, 0.15) is 5.75 Å². The number of nitrogens with zero attached hydrogens (tertiary/aromatic N) is 1. The van der Waals surface area contributed by atoms with Crippen molar-refractivity contribution in [3.05, 3.63) is 29.8 Å². The molecule has 0 spiro atoms. The molecule has 0 saturated carbocycles. The number of amides is 1. The SMILES string of the molecule is C[C@@H]1CN(C(=O)CCc2ccc(OC(F)(F)F)cc2)C[C@H](C)N1. The van der Waals surface area contributed by atoms with Crippen LogP contribution >= 0.6 is 0 Å². The second kappa shape index (κ2) is 7.21. The highest BCUT2D eigenvalue weighted by atomic mass is 19.4. The van der Waals surface area contributed by atoms with Crippen LogP contribution < -0.4 is 10.1 Å².